The van der Waals surface area contributed by atoms with Crippen LogP contribution in [-0.4, -0.2) is 47.8 Å². The number of piperazine rings is 1. The molecule has 0 aliphatic carbocycles. The number of furan rings is 1. The summed E-state index contributed by atoms with van der Waals surface area (Å²) < 4.78 is 19.0. The Bertz CT molecular complexity index is 733. The van der Waals surface area contributed by atoms with Gasteiger partial charge in [-0.1, -0.05) is 12.1 Å². The molecular weight excluding hydrogens is 299 g/mol. The lowest BCUT2D eigenvalue weighted by Gasteiger charge is -2.34. The Morgan fingerprint density at radius 2 is 1.57 bits per heavy atom. The van der Waals surface area contributed by atoms with Crippen LogP contribution in [0.5, 0.6) is 0 Å². The van der Waals surface area contributed by atoms with Gasteiger partial charge < -0.3 is 14.2 Å². The first-order chi connectivity index (χ1) is 11.1. The molecule has 120 valence electrons. The fraction of sp³-hybridized carbons (Fsp3) is 0.294. The van der Waals surface area contributed by atoms with Crippen LogP contribution in [-0.2, 0) is 0 Å². The zero-order valence-corrected chi connectivity index (χ0v) is 12.8. The van der Waals surface area contributed by atoms with E-state index in [1.807, 2.05) is 0 Å². The molecule has 0 unspecified atom stereocenters. The minimum absolute atomic E-state index is 0.0638. The van der Waals surface area contributed by atoms with Crippen molar-refractivity contribution in [1.82, 2.24) is 9.80 Å². The number of carbonyl (C=O) groups excluding carboxylic acids is 2. The van der Waals surface area contributed by atoms with Gasteiger partial charge in [0.2, 0.25) is 0 Å². The minimum atomic E-state index is -0.526. The van der Waals surface area contributed by atoms with E-state index in [0.29, 0.717) is 37.7 Å². The largest absolute Gasteiger partial charge is 0.456 e. The molecule has 3 rings (SSSR count). The average molecular weight is 316 g/mol. The van der Waals surface area contributed by atoms with E-state index in [0.717, 1.165) is 0 Å². The topological polar surface area (TPSA) is 53.8 Å². The summed E-state index contributed by atoms with van der Waals surface area (Å²) in [6.07, 6.45) is 0. The molecule has 2 heterocycles. The van der Waals surface area contributed by atoms with Crippen LogP contribution in [0.1, 0.15) is 26.7 Å². The molecule has 1 aliphatic rings. The SMILES string of the molecule is Cc1ccc(C(=O)N2CCN(C(=O)c3ccccc3F)CC2)o1. The number of amides is 2. The highest BCUT2D eigenvalue weighted by molar-refractivity contribution is 5.95. The van der Waals surface area contributed by atoms with Crippen molar-refractivity contribution in [3.05, 3.63) is 59.3 Å². The molecule has 5 nitrogen and oxygen atoms in total. The molecule has 0 bridgehead atoms. The Morgan fingerprint density at radius 3 is 2.13 bits per heavy atom. The number of aryl methyl sites for hydroxylation is 1. The van der Waals surface area contributed by atoms with Crippen LogP contribution in [0, 0.1) is 12.7 Å². The third-order valence-electron chi connectivity index (χ3n) is 3.91. The minimum Gasteiger partial charge on any atom is -0.456 e. The molecule has 0 atom stereocenters. The van der Waals surface area contributed by atoms with Gasteiger partial charge >= 0.3 is 0 Å². The Balaban J connectivity index is 1.63. The first-order valence-corrected chi connectivity index (χ1v) is 7.46. The lowest BCUT2D eigenvalue weighted by Crippen LogP contribution is -2.50. The standard InChI is InChI=1S/C17H17FN2O3/c1-12-6-7-15(23-12)17(22)20-10-8-19(9-11-20)16(21)13-4-2-3-5-14(13)18/h2-7H,8-11H2,1H3. The predicted octanol–water partition coefficient (Wildman–Crippen LogP) is 2.33. The molecule has 0 saturated carbocycles. The molecular formula is C17H17FN2O3. The Kier molecular flexibility index (Phi) is 4.14. The molecule has 1 fully saturated rings. The van der Waals surface area contributed by atoms with Gasteiger partial charge in [0.25, 0.3) is 11.8 Å². The van der Waals surface area contributed by atoms with Crippen LogP contribution in [0.15, 0.2) is 40.8 Å². The highest BCUT2D eigenvalue weighted by atomic mass is 19.1. The molecule has 6 heteroatoms. The summed E-state index contributed by atoms with van der Waals surface area (Å²) in [7, 11) is 0. The van der Waals surface area contributed by atoms with Crippen molar-refractivity contribution in [1.29, 1.82) is 0 Å². The molecule has 0 radical (unpaired) electrons. The number of rotatable bonds is 2. The van der Waals surface area contributed by atoms with Crippen LogP contribution >= 0.6 is 0 Å². The van der Waals surface area contributed by atoms with Crippen LogP contribution in [0.25, 0.3) is 0 Å². The highest BCUT2D eigenvalue weighted by Gasteiger charge is 2.27. The maximum absolute atomic E-state index is 13.7. The first kappa shape index (κ1) is 15.3. The van der Waals surface area contributed by atoms with Crippen molar-refractivity contribution in [3.8, 4) is 0 Å². The fourth-order valence-electron chi connectivity index (χ4n) is 2.62. The summed E-state index contributed by atoms with van der Waals surface area (Å²) in [5.41, 5.74) is 0.0638. The molecule has 0 spiro atoms. The maximum Gasteiger partial charge on any atom is 0.289 e. The Morgan fingerprint density at radius 1 is 0.957 bits per heavy atom. The van der Waals surface area contributed by atoms with E-state index in [1.165, 1.54) is 12.1 Å². The summed E-state index contributed by atoms with van der Waals surface area (Å²) >= 11 is 0. The second-order valence-electron chi connectivity index (χ2n) is 5.47. The van der Waals surface area contributed by atoms with Gasteiger partial charge in [-0.3, -0.25) is 9.59 Å². The summed E-state index contributed by atoms with van der Waals surface area (Å²) in [6.45, 7) is 3.33. The van der Waals surface area contributed by atoms with Gasteiger partial charge in [-0.2, -0.15) is 0 Å². The quantitative estimate of drug-likeness (QED) is 0.854. The zero-order valence-electron chi connectivity index (χ0n) is 12.8. The number of nitrogens with zero attached hydrogens (tertiary/aromatic N) is 2. The molecule has 1 aliphatic heterocycles. The van der Waals surface area contributed by atoms with Crippen molar-refractivity contribution in [3.63, 3.8) is 0 Å². The van der Waals surface area contributed by atoms with E-state index >= 15 is 0 Å². The van der Waals surface area contributed by atoms with Gasteiger partial charge in [-0.15, -0.1) is 0 Å². The molecule has 23 heavy (non-hydrogen) atoms. The van der Waals surface area contributed by atoms with Gasteiger partial charge in [-0.25, -0.2) is 4.39 Å². The number of hydrogen-bond donors (Lipinski definition) is 0. The monoisotopic (exact) mass is 316 g/mol. The third kappa shape index (κ3) is 3.11. The maximum atomic E-state index is 13.7. The first-order valence-electron chi connectivity index (χ1n) is 7.46. The van der Waals surface area contributed by atoms with Crippen molar-refractivity contribution in [2.24, 2.45) is 0 Å². The number of hydrogen-bond acceptors (Lipinski definition) is 3. The summed E-state index contributed by atoms with van der Waals surface area (Å²) in [4.78, 5) is 27.8. The van der Waals surface area contributed by atoms with E-state index in [4.69, 9.17) is 4.42 Å². The van der Waals surface area contributed by atoms with E-state index in [9.17, 15) is 14.0 Å². The normalized spacial score (nSPS) is 14.9. The van der Waals surface area contributed by atoms with Gasteiger partial charge in [0.05, 0.1) is 5.56 Å². The van der Waals surface area contributed by atoms with Crippen molar-refractivity contribution < 1.29 is 18.4 Å². The Hall–Kier alpha value is -2.63. The number of benzene rings is 1. The zero-order chi connectivity index (χ0) is 16.4. The second kappa shape index (κ2) is 6.24. The van der Waals surface area contributed by atoms with Gasteiger partial charge in [-0.05, 0) is 31.2 Å². The van der Waals surface area contributed by atoms with Crippen LogP contribution in [0.4, 0.5) is 4.39 Å². The van der Waals surface area contributed by atoms with Crippen LogP contribution in [0.2, 0.25) is 0 Å². The van der Waals surface area contributed by atoms with Crippen LogP contribution in [0.3, 0.4) is 0 Å². The average Bonchev–Trinajstić information content (AvgIpc) is 3.01. The summed E-state index contributed by atoms with van der Waals surface area (Å²) in [5, 5.41) is 0. The predicted molar refractivity (Wildman–Crippen MR) is 81.7 cm³/mol. The lowest BCUT2D eigenvalue weighted by atomic mass is 10.1. The van der Waals surface area contributed by atoms with E-state index in [1.54, 1.807) is 41.0 Å². The summed E-state index contributed by atoms with van der Waals surface area (Å²) in [5.74, 6) is -0.0692. The second-order valence-corrected chi connectivity index (χ2v) is 5.47. The van der Waals surface area contributed by atoms with Crippen molar-refractivity contribution in [2.75, 3.05) is 26.2 Å². The number of halogens is 1. The molecule has 2 amide bonds. The third-order valence-corrected chi connectivity index (χ3v) is 3.91. The van der Waals surface area contributed by atoms with Gasteiger partial charge in [0, 0.05) is 26.2 Å². The molecule has 2 aromatic rings. The molecule has 1 saturated heterocycles. The fourth-order valence-corrected chi connectivity index (χ4v) is 2.62. The van der Waals surface area contributed by atoms with Crippen LogP contribution < -0.4 is 0 Å². The van der Waals surface area contributed by atoms with Gasteiger partial charge in [0.1, 0.15) is 11.6 Å². The van der Waals surface area contributed by atoms with Crippen molar-refractivity contribution in [2.45, 2.75) is 6.92 Å². The lowest BCUT2D eigenvalue weighted by molar-refractivity contribution is 0.0515. The molecule has 1 aromatic carbocycles. The van der Waals surface area contributed by atoms with Crippen molar-refractivity contribution >= 4 is 11.8 Å². The van der Waals surface area contributed by atoms with E-state index < -0.39 is 5.82 Å². The Labute approximate surface area is 133 Å². The van der Waals surface area contributed by atoms with E-state index in [2.05, 4.69) is 0 Å². The van der Waals surface area contributed by atoms with Gasteiger partial charge in [0.15, 0.2) is 5.76 Å². The highest BCUT2D eigenvalue weighted by Crippen LogP contribution is 2.15. The number of carbonyl (C=O) groups is 2. The molecule has 0 N–H and O–H groups in total. The summed E-state index contributed by atoms with van der Waals surface area (Å²) in [6, 6.07) is 9.32. The molecule has 1 aromatic heterocycles. The van der Waals surface area contributed by atoms with E-state index in [-0.39, 0.29) is 17.4 Å². The smallest absolute Gasteiger partial charge is 0.289 e.